The number of hydrogen-bond acceptors (Lipinski definition) is 4. The zero-order chi connectivity index (χ0) is 13.7. The van der Waals surface area contributed by atoms with Crippen molar-refractivity contribution < 1.29 is 0 Å². The Morgan fingerprint density at radius 3 is 2.79 bits per heavy atom. The largest absolute Gasteiger partial charge is 0.309 e. The van der Waals surface area contributed by atoms with Crippen molar-refractivity contribution in [3.8, 4) is 0 Å². The fourth-order valence-corrected chi connectivity index (χ4v) is 2.91. The summed E-state index contributed by atoms with van der Waals surface area (Å²) in [4.78, 5) is 4.40. The molecule has 1 N–H and O–H groups in total. The Hall–Kier alpha value is -1.20. The Bertz CT molecular complexity index is 490. The molecule has 2 rings (SSSR count). The van der Waals surface area contributed by atoms with Crippen molar-refractivity contribution >= 4 is 11.3 Å². The van der Waals surface area contributed by atoms with Crippen molar-refractivity contribution in [3.05, 3.63) is 34.0 Å². The molecule has 0 bridgehead atoms. The van der Waals surface area contributed by atoms with Gasteiger partial charge in [-0.15, -0.1) is 11.3 Å². The van der Waals surface area contributed by atoms with Crippen LogP contribution in [0.15, 0.2) is 17.6 Å². The van der Waals surface area contributed by atoms with Gasteiger partial charge in [-0.05, 0) is 26.0 Å². The number of aryl methyl sites for hydroxylation is 2. The summed E-state index contributed by atoms with van der Waals surface area (Å²) in [6.07, 6.45) is 3.79. The highest BCUT2D eigenvalue weighted by Crippen LogP contribution is 2.21. The van der Waals surface area contributed by atoms with Crippen molar-refractivity contribution in [1.29, 1.82) is 0 Å². The molecule has 0 saturated heterocycles. The van der Waals surface area contributed by atoms with Crippen LogP contribution in [0.3, 0.4) is 0 Å². The number of nitrogens with zero attached hydrogens (tertiary/aromatic N) is 3. The molecule has 1 atom stereocenters. The summed E-state index contributed by atoms with van der Waals surface area (Å²) in [5.74, 6) is 0. The van der Waals surface area contributed by atoms with E-state index in [4.69, 9.17) is 0 Å². The van der Waals surface area contributed by atoms with E-state index >= 15 is 0 Å². The Kier molecular flexibility index (Phi) is 5.10. The lowest BCUT2D eigenvalue weighted by atomic mass is 10.1. The highest BCUT2D eigenvalue weighted by Gasteiger charge is 2.18. The molecule has 0 radical (unpaired) electrons. The molecule has 0 aliphatic carbocycles. The lowest BCUT2D eigenvalue weighted by molar-refractivity contribution is 0.489. The number of aromatic nitrogens is 3. The molecule has 0 saturated carbocycles. The fourth-order valence-electron chi connectivity index (χ4n) is 2.25. The van der Waals surface area contributed by atoms with Gasteiger partial charge in [0.15, 0.2) is 0 Å². The molecule has 0 fully saturated rings. The van der Waals surface area contributed by atoms with Crippen LogP contribution in [0, 0.1) is 0 Å². The van der Waals surface area contributed by atoms with Crippen molar-refractivity contribution in [2.75, 3.05) is 6.54 Å². The highest BCUT2D eigenvalue weighted by molar-refractivity contribution is 7.09. The number of hydrogen-bond donors (Lipinski definition) is 1. The van der Waals surface area contributed by atoms with E-state index in [9.17, 15) is 0 Å². The van der Waals surface area contributed by atoms with E-state index in [0.29, 0.717) is 6.04 Å². The van der Waals surface area contributed by atoms with E-state index in [0.717, 1.165) is 25.9 Å². The quantitative estimate of drug-likeness (QED) is 0.847. The first kappa shape index (κ1) is 14.2. The molecular formula is C14H22N4S. The van der Waals surface area contributed by atoms with Gasteiger partial charge in [-0.2, -0.15) is 5.10 Å². The van der Waals surface area contributed by atoms with Crippen LogP contribution in [0.2, 0.25) is 0 Å². The van der Waals surface area contributed by atoms with E-state index in [2.05, 4.69) is 46.9 Å². The van der Waals surface area contributed by atoms with Crippen LogP contribution in [0.4, 0.5) is 0 Å². The highest BCUT2D eigenvalue weighted by atomic mass is 32.1. The lowest BCUT2D eigenvalue weighted by Crippen LogP contribution is -2.25. The third kappa shape index (κ3) is 3.42. The normalized spacial score (nSPS) is 12.8. The molecule has 2 heterocycles. The second-order valence-electron chi connectivity index (χ2n) is 4.47. The van der Waals surface area contributed by atoms with Gasteiger partial charge in [0.1, 0.15) is 0 Å². The monoisotopic (exact) mass is 278 g/mol. The van der Waals surface area contributed by atoms with Crippen molar-refractivity contribution in [3.63, 3.8) is 0 Å². The van der Waals surface area contributed by atoms with Gasteiger partial charge >= 0.3 is 0 Å². The minimum Gasteiger partial charge on any atom is -0.309 e. The summed E-state index contributed by atoms with van der Waals surface area (Å²) in [5.41, 5.74) is 2.44. The maximum atomic E-state index is 4.64. The predicted molar refractivity (Wildman–Crippen MR) is 79.5 cm³/mol. The molecule has 2 aromatic heterocycles. The molecule has 0 amide bonds. The van der Waals surface area contributed by atoms with E-state index in [-0.39, 0.29) is 0 Å². The second-order valence-corrected chi connectivity index (χ2v) is 5.45. The van der Waals surface area contributed by atoms with Crippen molar-refractivity contribution in [1.82, 2.24) is 20.1 Å². The van der Waals surface area contributed by atoms with Gasteiger partial charge in [-0.3, -0.25) is 4.68 Å². The summed E-state index contributed by atoms with van der Waals surface area (Å²) >= 11 is 1.72. The fraction of sp³-hybridized carbons (Fsp3) is 0.571. The third-order valence-corrected chi connectivity index (χ3v) is 4.00. The molecule has 1 unspecified atom stereocenters. The average Bonchev–Trinajstić information content (AvgIpc) is 3.06. The number of nitrogens with one attached hydrogen (secondary N) is 1. The smallest absolute Gasteiger partial charge is 0.0944 e. The molecule has 5 heteroatoms. The standard InChI is InChI=1S/C14H22N4S/c1-4-11-9-13(18(6-3)17-11)12(15-5-2)10-14-16-7-8-19-14/h7-9,12,15H,4-6,10H2,1-3H3. The van der Waals surface area contributed by atoms with Gasteiger partial charge in [0.05, 0.1) is 22.4 Å². The molecule has 0 aliphatic rings. The van der Waals surface area contributed by atoms with Gasteiger partial charge < -0.3 is 5.32 Å². The van der Waals surface area contributed by atoms with Gasteiger partial charge in [0.25, 0.3) is 0 Å². The van der Waals surface area contributed by atoms with Crippen molar-refractivity contribution in [2.24, 2.45) is 0 Å². The zero-order valence-corrected chi connectivity index (χ0v) is 12.7. The molecule has 104 valence electrons. The van der Waals surface area contributed by atoms with Gasteiger partial charge in [0.2, 0.25) is 0 Å². The predicted octanol–water partition coefficient (Wildman–Crippen LogP) is 2.82. The Balaban J connectivity index is 2.24. The Labute approximate surface area is 118 Å². The minimum atomic E-state index is 0.295. The van der Waals surface area contributed by atoms with Crippen LogP contribution in [-0.4, -0.2) is 21.3 Å². The molecular weight excluding hydrogens is 256 g/mol. The van der Waals surface area contributed by atoms with Crippen LogP contribution >= 0.6 is 11.3 Å². The number of rotatable bonds is 7. The number of thiazole rings is 1. The van der Waals surface area contributed by atoms with E-state index < -0.39 is 0 Å². The maximum Gasteiger partial charge on any atom is 0.0944 e. The Morgan fingerprint density at radius 2 is 2.21 bits per heavy atom. The van der Waals surface area contributed by atoms with Crippen LogP contribution in [-0.2, 0) is 19.4 Å². The van der Waals surface area contributed by atoms with Crippen molar-refractivity contribution in [2.45, 2.75) is 46.2 Å². The van der Waals surface area contributed by atoms with E-state index in [1.807, 2.05) is 11.6 Å². The van der Waals surface area contributed by atoms with Gasteiger partial charge in [-0.1, -0.05) is 13.8 Å². The first-order valence-electron chi connectivity index (χ1n) is 6.96. The van der Waals surface area contributed by atoms with E-state index in [1.165, 1.54) is 16.4 Å². The molecule has 0 aliphatic heterocycles. The second kappa shape index (κ2) is 6.82. The molecule has 0 aromatic carbocycles. The van der Waals surface area contributed by atoms with Crippen LogP contribution < -0.4 is 5.32 Å². The van der Waals surface area contributed by atoms with Crippen LogP contribution in [0.1, 0.15) is 43.2 Å². The first-order chi connectivity index (χ1) is 9.28. The summed E-state index contributed by atoms with van der Waals surface area (Å²) in [6.45, 7) is 8.29. The maximum absolute atomic E-state index is 4.64. The number of likely N-dealkylation sites (N-methyl/N-ethyl adjacent to an activating group) is 1. The summed E-state index contributed by atoms with van der Waals surface area (Å²) in [5, 5.41) is 11.4. The van der Waals surface area contributed by atoms with Gasteiger partial charge in [0, 0.05) is 24.5 Å². The van der Waals surface area contributed by atoms with E-state index in [1.54, 1.807) is 11.3 Å². The van der Waals surface area contributed by atoms with Gasteiger partial charge in [-0.25, -0.2) is 4.98 Å². The minimum absolute atomic E-state index is 0.295. The molecule has 2 aromatic rings. The topological polar surface area (TPSA) is 42.7 Å². The van der Waals surface area contributed by atoms with Crippen LogP contribution in [0.25, 0.3) is 0 Å². The molecule has 0 spiro atoms. The SMILES string of the molecule is CCNC(Cc1nccs1)c1cc(CC)nn1CC. The summed E-state index contributed by atoms with van der Waals surface area (Å²) in [6, 6.07) is 2.52. The average molecular weight is 278 g/mol. The summed E-state index contributed by atoms with van der Waals surface area (Å²) in [7, 11) is 0. The zero-order valence-electron chi connectivity index (χ0n) is 11.9. The lowest BCUT2D eigenvalue weighted by Gasteiger charge is -2.17. The first-order valence-corrected chi connectivity index (χ1v) is 7.84. The Morgan fingerprint density at radius 1 is 1.37 bits per heavy atom. The molecule has 19 heavy (non-hydrogen) atoms. The molecule has 4 nitrogen and oxygen atoms in total. The third-order valence-electron chi connectivity index (χ3n) is 3.19. The summed E-state index contributed by atoms with van der Waals surface area (Å²) < 4.78 is 2.11. The van der Waals surface area contributed by atoms with Crippen LogP contribution in [0.5, 0.6) is 0 Å².